The van der Waals surface area contributed by atoms with Gasteiger partial charge in [-0.05, 0) is 42.9 Å². The number of benzene rings is 1. The van der Waals surface area contributed by atoms with Gasteiger partial charge in [-0.25, -0.2) is 0 Å². The summed E-state index contributed by atoms with van der Waals surface area (Å²) in [5.41, 5.74) is 2.64. The van der Waals surface area contributed by atoms with Crippen molar-refractivity contribution in [3.63, 3.8) is 0 Å². The summed E-state index contributed by atoms with van der Waals surface area (Å²) in [6.45, 7) is 0.198. The van der Waals surface area contributed by atoms with Crippen LogP contribution in [0.15, 0.2) is 18.2 Å². The minimum atomic E-state index is -0.695. The van der Waals surface area contributed by atoms with Gasteiger partial charge in [0.25, 0.3) is 0 Å². The van der Waals surface area contributed by atoms with Crippen LogP contribution in [-0.4, -0.2) is 17.8 Å². The Labute approximate surface area is 102 Å². The number of fused-ring (bicyclic) bond motifs is 1. The van der Waals surface area contributed by atoms with Gasteiger partial charge in [0.1, 0.15) is 18.5 Å². The van der Waals surface area contributed by atoms with Gasteiger partial charge in [-0.3, -0.25) is 0 Å². The smallest absolute Gasteiger partial charge is 0.122 e. The van der Waals surface area contributed by atoms with Crippen molar-refractivity contribution in [2.45, 2.75) is 38.2 Å². The third kappa shape index (κ3) is 2.98. The van der Waals surface area contributed by atoms with Gasteiger partial charge < -0.3 is 9.84 Å². The van der Waals surface area contributed by atoms with Gasteiger partial charge in [-0.1, -0.05) is 12.1 Å². The maximum absolute atomic E-state index is 9.47. The molecule has 0 aromatic heterocycles. The Balaban J connectivity index is 2.04. The van der Waals surface area contributed by atoms with Gasteiger partial charge in [-0.15, -0.1) is 0 Å². The van der Waals surface area contributed by atoms with E-state index in [1.165, 1.54) is 24.0 Å². The summed E-state index contributed by atoms with van der Waals surface area (Å²) >= 11 is 0. The topological polar surface area (TPSA) is 53.2 Å². The van der Waals surface area contributed by atoms with Crippen LogP contribution >= 0.6 is 0 Å². The highest BCUT2D eigenvalue weighted by atomic mass is 16.5. The van der Waals surface area contributed by atoms with E-state index in [0.29, 0.717) is 0 Å². The Bertz CT molecular complexity index is 423. The zero-order valence-corrected chi connectivity index (χ0v) is 9.85. The summed E-state index contributed by atoms with van der Waals surface area (Å²) < 4.78 is 5.62. The van der Waals surface area contributed by atoms with Crippen LogP contribution in [-0.2, 0) is 12.8 Å². The number of hydrogen-bond acceptors (Lipinski definition) is 3. The molecule has 0 heterocycles. The van der Waals surface area contributed by atoms with Crippen LogP contribution in [0.1, 0.15) is 30.4 Å². The summed E-state index contributed by atoms with van der Waals surface area (Å²) in [6.07, 6.45) is 4.04. The van der Waals surface area contributed by atoms with E-state index in [4.69, 9.17) is 10.00 Å². The van der Waals surface area contributed by atoms with E-state index in [1.807, 2.05) is 18.2 Å². The van der Waals surface area contributed by atoms with E-state index in [2.05, 4.69) is 6.07 Å². The SMILES string of the molecule is N#CCC(O)COc1cccc2c1CCCC2. The Morgan fingerprint density at radius 3 is 3.00 bits per heavy atom. The zero-order valence-electron chi connectivity index (χ0n) is 9.85. The lowest BCUT2D eigenvalue weighted by atomic mass is 9.91. The zero-order chi connectivity index (χ0) is 12.1. The van der Waals surface area contributed by atoms with Gasteiger partial charge >= 0.3 is 0 Å². The van der Waals surface area contributed by atoms with Crippen molar-refractivity contribution in [2.24, 2.45) is 0 Å². The highest BCUT2D eigenvalue weighted by molar-refractivity contribution is 5.41. The fraction of sp³-hybridized carbons (Fsp3) is 0.500. The predicted octanol–water partition coefficient (Wildman–Crippen LogP) is 2.22. The number of ether oxygens (including phenoxy) is 1. The standard InChI is InChI=1S/C14H17NO2/c15-9-8-12(16)10-17-14-7-3-5-11-4-1-2-6-13(11)14/h3,5,7,12,16H,1-2,4,6,8,10H2. The molecule has 17 heavy (non-hydrogen) atoms. The molecule has 1 aliphatic rings. The number of hydrogen-bond donors (Lipinski definition) is 1. The second-order valence-electron chi connectivity index (χ2n) is 4.43. The van der Waals surface area contributed by atoms with Crippen LogP contribution in [0.5, 0.6) is 5.75 Å². The van der Waals surface area contributed by atoms with E-state index < -0.39 is 6.10 Å². The van der Waals surface area contributed by atoms with Crippen LogP contribution in [0.4, 0.5) is 0 Å². The molecule has 2 rings (SSSR count). The van der Waals surface area contributed by atoms with Crippen LogP contribution in [0.3, 0.4) is 0 Å². The quantitative estimate of drug-likeness (QED) is 0.864. The molecule has 1 unspecified atom stereocenters. The molecule has 1 N–H and O–H groups in total. The van der Waals surface area contributed by atoms with Gasteiger partial charge in [0, 0.05) is 0 Å². The molecule has 0 aliphatic heterocycles. The molecule has 0 saturated heterocycles. The molecule has 1 atom stereocenters. The molecule has 0 spiro atoms. The van der Waals surface area contributed by atoms with E-state index >= 15 is 0 Å². The normalized spacial score (nSPS) is 15.8. The molecule has 0 fully saturated rings. The third-order valence-electron chi connectivity index (χ3n) is 3.11. The first-order valence-electron chi connectivity index (χ1n) is 6.10. The number of nitriles is 1. The van der Waals surface area contributed by atoms with E-state index in [9.17, 15) is 5.11 Å². The summed E-state index contributed by atoms with van der Waals surface area (Å²) in [4.78, 5) is 0. The fourth-order valence-electron chi connectivity index (χ4n) is 2.23. The van der Waals surface area contributed by atoms with Crippen molar-refractivity contribution in [1.29, 1.82) is 5.26 Å². The number of aryl methyl sites for hydroxylation is 1. The molecular formula is C14H17NO2. The van der Waals surface area contributed by atoms with Crippen molar-refractivity contribution in [3.05, 3.63) is 29.3 Å². The lowest BCUT2D eigenvalue weighted by Crippen LogP contribution is -2.18. The maximum Gasteiger partial charge on any atom is 0.122 e. The minimum absolute atomic E-state index is 0.120. The second kappa shape index (κ2) is 5.70. The number of rotatable bonds is 4. The van der Waals surface area contributed by atoms with E-state index in [-0.39, 0.29) is 13.0 Å². The first-order valence-corrected chi connectivity index (χ1v) is 6.10. The lowest BCUT2D eigenvalue weighted by Gasteiger charge is -2.20. The third-order valence-corrected chi connectivity index (χ3v) is 3.11. The fourth-order valence-corrected chi connectivity index (χ4v) is 2.23. The molecule has 1 aromatic rings. The molecule has 0 saturated carbocycles. The predicted molar refractivity (Wildman–Crippen MR) is 64.8 cm³/mol. The second-order valence-corrected chi connectivity index (χ2v) is 4.43. The Morgan fingerprint density at radius 2 is 2.18 bits per heavy atom. The van der Waals surface area contributed by atoms with Gasteiger partial charge in [-0.2, -0.15) is 5.26 Å². The van der Waals surface area contributed by atoms with Gasteiger partial charge in [0.2, 0.25) is 0 Å². The van der Waals surface area contributed by atoms with E-state index in [1.54, 1.807) is 0 Å². The van der Waals surface area contributed by atoms with Crippen molar-refractivity contribution >= 4 is 0 Å². The van der Waals surface area contributed by atoms with Crippen molar-refractivity contribution in [3.8, 4) is 11.8 Å². The minimum Gasteiger partial charge on any atom is -0.491 e. The Morgan fingerprint density at radius 1 is 1.35 bits per heavy atom. The lowest BCUT2D eigenvalue weighted by molar-refractivity contribution is 0.110. The average Bonchev–Trinajstić information content (AvgIpc) is 2.36. The first kappa shape index (κ1) is 11.9. The summed E-state index contributed by atoms with van der Waals surface area (Å²) in [5, 5.41) is 17.9. The molecule has 1 aliphatic carbocycles. The van der Waals surface area contributed by atoms with Crippen molar-refractivity contribution in [1.82, 2.24) is 0 Å². The van der Waals surface area contributed by atoms with Crippen LogP contribution in [0.2, 0.25) is 0 Å². The van der Waals surface area contributed by atoms with Crippen molar-refractivity contribution < 1.29 is 9.84 Å². The molecule has 3 heteroatoms. The largest absolute Gasteiger partial charge is 0.491 e. The molecule has 1 aromatic carbocycles. The molecule has 3 nitrogen and oxygen atoms in total. The molecular weight excluding hydrogens is 214 g/mol. The highest BCUT2D eigenvalue weighted by Crippen LogP contribution is 2.29. The highest BCUT2D eigenvalue weighted by Gasteiger charge is 2.14. The summed E-state index contributed by atoms with van der Waals surface area (Å²) in [7, 11) is 0. The average molecular weight is 231 g/mol. The Kier molecular flexibility index (Phi) is 4.00. The van der Waals surface area contributed by atoms with Gasteiger partial charge in [0.15, 0.2) is 0 Å². The number of aliphatic hydroxyl groups excluding tert-OH is 1. The van der Waals surface area contributed by atoms with Crippen LogP contribution < -0.4 is 4.74 Å². The maximum atomic E-state index is 9.47. The number of aliphatic hydroxyl groups is 1. The monoisotopic (exact) mass is 231 g/mol. The first-order chi connectivity index (χ1) is 8.31. The van der Waals surface area contributed by atoms with Gasteiger partial charge in [0.05, 0.1) is 12.5 Å². The molecule has 90 valence electrons. The van der Waals surface area contributed by atoms with E-state index in [0.717, 1.165) is 18.6 Å². The molecule has 0 amide bonds. The summed E-state index contributed by atoms with van der Waals surface area (Å²) in [6, 6.07) is 8.03. The molecule has 0 bridgehead atoms. The van der Waals surface area contributed by atoms with Crippen LogP contribution in [0, 0.1) is 11.3 Å². The number of nitrogens with zero attached hydrogens (tertiary/aromatic N) is 1. The van der Waals surface area contributed by atoms with Crippen LogP contribution in [0.25, 0.3) is 0 Å². The summed E-state index contributed by atoms with van der Waals surface area (Å²) in [5.74, 6) is 0.874. The molecule has 0 radical (unpaired) electrons. The Hall–Kier alpha value is -1.53. The van der Waals surface area contributed by atoms with Crippen molar-refractivity contribution in [2.75, 3.05) is 6.61 Å².